The van der Waals surface area contributed by atoms with Crippen LogP contribution < -0.4 is 10.6 Å². The summed E-state index contributed by atoms with van der Waals surface area (Å²) in [5.41, 5.74) is 0. The molecule has 0 radical (unpaired) electrons. The minimum Gasteiger partial charge on any atom is -0.303 e. The van der Waals surface area contributed by atoms with Gasteiger partial charge in [0.1, 0.15) is 0 Å². The van der Waals surface area contributed by atoms with Crippen LogP contribution >= 0.6 is 0 Å². The Balaban J connectivity index is 1.84. The van der Waals surface area contributed by atoms with E-state index in [9.17, 15) is 9.59 Å². The van der Waals surface area contributed by atoms with Crippen molar-refractivity contribution >= 4 is 17.8 Å². The van der Waals surface area contributed by atoms with E-state index in [0.29, 0.717) is 5.96 Å². The molecule has 2 aliphatic heterocycles. The molecule has 2 fully saturated rings. The number of hydrogen-bond donors (Lipinski definition) is 2. The number of piperidine rings is 1. The van der Waals surface area contributed by atoms with Crippen LogP contribution in [0.25, 0.3) is 0 Å². The van der Waals surface area contributed by atoms with E-state index in [4.69, 9.17) is 0 Å². The highest BCUT2D eigenvalue weighted by molar-refractivity contribution is 6.45. The Morgan fingerprint density at radius 2 is 1.82 bits per heavy atom. The molecule has 0 aliphatic carbocycles. The van der Waals surface area contributed by atoms with E-state index in [-0.39, 0.29) is 6.04 Å². The molecule has 0 unspecified atom stereocenters. The number of nitrogens with zero attached hydrogens (tertiary/aromatic N) is 2. The van der Waals surface area contributed by atoms with Gasteiger partial charge in [0.15, 0.2) is 0 Å². The van der Waals surface area contributed by atoms with Gasteiger partial charge < -0.3 is 4.90 Å². The summed E-state index contributed by atoms with van der Waals surface area (Å²) in [6.45, 7) is 5.39. The largest absolute Gasteiger partial charge is 0.316 e. The second-order valence-corrected chi connectivity index (χ2v) is 4.46. The molecule has 2 N–H and O–H groups in total. The van der Waals surface area contributed by atoms with Crippen LogP contribution in [0, 0.1) is 0 Å². The molecule has 0 saturated carbocycles. The fraction of sp³-hybridized carbons (Fsp3) is 0.727. The highest BCUT2D eigenvalue weighted by atomic mass is 16.2. The summed E-state index contributed by atoms with van der Waals surface area (Å²) in [4.78, 5) is 28.7. The molecule has 2 saturated heterocycles. The van der Waals surface area contributed by atoms with Crippen LogP contribution in [0.2, 0.25) is 0 Å². The van der Waals surface area contributed by atoms with Crippen molar-refractivity contribution in [2.75, 3.05) is 19.6 Å². The van der Waals surface area contributed by atoms with Gasteiger partial charge >= 0.3 is 11.8 Å². The van der Waals surface area contributed by atoms with Gasteiger partial charge in [-0.15, -0.1) is 0 Å². The molecule has 2 rings (SSSR count). The molecule has 6 nitrogen and oxygen atoms in total. The maximum absolute atomic E-state index is 11.0. The van der Waals surface area contributed by atoms with Crippen LogP contribution in [0.4, 0.5) is 0 Å². The molecule has 6 heteroatoms. The zero-order chi connectivity index (χ0) is 12.3. The molecule has 2 aliphatic rings. The van der Waals surface area contributed by atoms with Crippen molar-refractivity contribution in [3.63, 3.8) is 0 Å². The summed E-state index contributed by atoms with van der Waals surface area (Å²) >= 11 is 0. The van der Waals surface area contributed by atoms with Crippen molar-refractivity contribution in [3.05, 3.63) is 0 Å². The lowest BCUT2D eigenvalue weighted by atomic mass is 10.1. The molecular weight excluding hydrogens is 220 g/mol. The third-order valence-electron chi connectivity index (χ3n) is 3.08. The number of carbonyl (C=O) groups excluding carboxylic acids is 2. The summed E-state index contributed by atoms with van der Waals surface area (Å²) in [5.74, 6) is -0.923. The Labute approximate surface area is 100 Å². The van der Waals surface area contributed by atoms with Gasteiger partial charge in [-0.25, -0.2) is 4.99 Å². The molecular formula is C11H18N4O2. The van der Waals surface area contributed by atoms with Crippen LogP contribution in [0.5, 0.6) is 0 Å². The Hall–Kier alpha value is -1.43. The molecule has 0 atom stereocenters. The maximum atomic E-state index is 11.0. The van der Waals surface area contributed by atoms with Crippen LogP contribution in [0.1, 0.15) is 26.2 Å². The highest BCUT2D eigenvalue weighted by Crippen LogP contribution is 2.13. The molecule has 0 aromatic carbocycles. The average molecular weight is 238 g/mol. The van der Waals surface area contributed by atoms with Gasteiger partial charge in [0.05, 0.1) is 6.04 Å². The number of amides is 2. The fourth-order valence-electron chi connectivity index (χ4n) is 2.20. The third-order valence-corrected chi connectivity index (χ3v) is 3.08. The summed E-state index contributed by atoms with van der Waals surface area (Å²) in [6.07, 6.45) is 3.13. The van der Waals surface area contributed by atoms with Gasteiger partial charge in [-0.2, -0.15) is 0 Å². The van der Waals surface area contributed by atoms with E-state index in [1.807, 2.05) is 0 Å². The summed E-state index contributed by atoms with van der Waals surface area (Å²) in [5, 5.41) is 4.85. The number of nitrogens with one attached hydrogen (secondary N) is 2. The summed E-state index contributed by atoms with van der Waals surface area (Å²) in [7, 11) is 0. The first kappa shape index (κ1) is 12.0. The van der Waals surface area contributed by atoms with Crippen LogP contribution in [0.3, 0.4) is 0 Å². The topological polar surface area (TPSA) is 73.8 Å². The zero-order valence-electron chi connectivity index (χ0n) is 10.0. The van der Waals surface area contributed by atoms with Gasteiger partial charge in [-0.05, 0) is 25.8 Å². The molecule has 94 valence electrons. The SMILES string of the molecule is CCCN1CCC(N=C2NC(=O)C(=O)N2)CC1. The number of aliphatic imine (C=N–C) groups is 1. The van der Waals surface area contributed by atoms with Crippen molar-refractivity contribution in [1.29, 1.82) is 0 Å². The minimum atomic E-state index is -0.618. The third kappa shape index (κ3) is 3.03. The van der Waals surface area contributed by atoms with Gasteiger partial charge in [-0.3, -0.25) is 20.2 Å². The first-order valence-electron chi connectivity index (χ1n) is 6.11. The smallest absolute Gasteiger partial charge is 0.303 e. The molecule has 0 aromatic heterocycles. The van der Waals surface area contributed by atoms with Crippen LogP contribution in [0.15, 0.2) is 4.99 Å². The predicted molar refractivity (Wildman–Crippen MR) is 63.5 cm³/mol. The van der Waals surface area contributed by atoms with Gasteiger partial charge in [-0.1, -0.05) is 6.92 Å². The fourth-order valence-corrected chi connectivity index (χ4v) is 2.20. The van der Waals surface area contributed by atoms with E-state index >= 15 is 0 Å². The van der Waals surface area contributed by atoms with E-state index in [1.54, 1.807) is 0 Å². The lowest BCUT2D eigenvalue weighted by molar-refractivity contribution is -0.135. The first-order chi connectivity index (χ1) is 8.19. The molecule has 2 amide bonds. The van der Waals surface area contributed by atoms with Gasteiger partial charge in [0, 0.05) is 13.1 Å². The van der Waals surface area contributed by atoms with E-state index in [0.717, 1.165) is 32.5 Å². The maximum Gasteiger partial charge on any atom is 0.316 e. The average Bonchev–Trinajstić information content (AvgIpc) is 2.61. The number of guanidine groups is 1. The van der Waals surface area contributed by atoms with Gasteiger partial charge in [0.25, 0.3) is 0 Å². The molecule has 2 heterocycles. The number of rotatable bonds is 3. The lowest BCUT2D eigenvalue weighted by Gasteiger charge is -2.29. The molecule has 17 heavy (non-hydrogen) atoms. The van der Waals surface area contributed by atoms with Crippen LogP contribution in [-0.4, -0.2) is 48.3 Å². The zero-order valence-corrected chi connectivity index (χ0v) is 10.0. The van der Waals surface area contributed by atoms with Gasteiger partial charge in [0.2, 0.25) is 5.96 Å². The van der Waals surface area contributed by atoms with Crippen molar-refractivity contribution in [2.45, 2.75) is 32.2 Å². The minimum absolute atomic E-state index is 0.205. The summed E-state index contributed by atoms with van der Waals surface area (Å²) < 4.78 is 0. The Kier molecular flexibility index (Phi) is 3.73. The number of carbonyl (C=O) groups is 2. The number of hydrogen-bond acceptors (Lipinski definition) is 4. The molecule has 0 spiro atoms. The Morgan fingerprint density at radius 1 is 1.24 bits per heavy atom. The second-order valence-electron chi connectivity index (χ2n) is 4.46. The Morgan fingerprint density at radius 3 is 2.35 bits per heavy atom. The quantitative estimate of drug-likeness (QED) is 0.649. The number of likely N-dealkylation sites (tertiary alicyclic amines) is 1. The second kappa shape index (κ2) is 5.27. The monoisotopic (exact) mass is 238 g/mol. The predicted octanol–water partition coefficient (Wildman–Crippen LogP) is -0.537. The van der Waals surface area contributed by atoms with E-state index < -0.39 is 11.8 Å². The Bertz CT molecular complexity index is 327. The lowest BCUT2D eigenvalue weighted by Crippen LogP contribution is -2.37. The van der Waals surface area contributed by atoms with E-state index in [1.165, 1.54) is 6.42 Å². The van der Waals surface area contributed by atoms with Crippen molar-refractivity contribution < 1.29 is 9.59 Å². The standard InChI is InChI=1S/C11H18N4O2/c1-2-5-15-6-3-8(4-7-15)12-11-13-9(16)10(17)14-11/h8H,2-7H2,1H3,(H2,12,13,14,16,17). The highest BCUT2D eigenvalue weighted by Gasteiger charge is 2.27. The van der Waals surface area contributed by atoms with E-state index in [2.05, 4.69) is 27.4 Å². The summed E-state index contributed by atoms with van der Waals surface area (Å²) in [6, 6.07) is 0.205. The van der Waals surface area contributed by atoms with Crippen molar-refractivity contribution in [3.8, 4) is 0 Å². The van der Waals surface area contributed by atoms with Crippen LogP contribution in [-0.2, 0) is 9.59 Å². The normalized spacial score (nSPS) is 22.5. The first-order valence-corrected chi connectivity index (χ1v) is 6.11. The molecule has 0 aromatic rings. The van der Waals surface area contributed by atoms with Crippen molar-refractivity contribution in [2.24, 2.45) is 4.99 Å². The molecule has 0 bridgehead atoms. The van der Waals surface area contributed by atoms with Crippen molar-refractivity contribution in [1.82, 2.24) is 15.5 Å².